The third-order valence-corrected chi connectivity index (χ3v) is 10.3. The van der Waals surface area contributed by atoms with Crippen molar-refractivity contribution in [1.29, 1.82) is 0 Å². The molecule has 15 heteroatoms. The van der Waals surface area contributed by atoms with Crippen molar-refractivity contribution in [3.63, 3.8) is 0 Å². The van der Waals surface area contributed by atoms with Gasteiger partial charge in [-0.05, 0) is 74.7 Å². The van der Waals surface area contributed by atoms with Crippen LogP contribution in [0.2, 0.25) is 5.02 Å². The molecule has 46 heavy (non-hydrogen) atoms. The lowest BCUT2D eigenvalue weighted by Gasteiger charge is -2.33. The van der Waals surface area contributed by atoms with Crippen LogP contribution in [0.25, 0.3) is 11.4 Å². The number of nitrogens with zero attached hydrogens (tertiary/aromatic N) is 4. The van der Waals surface area contributed by atoms with Gasteiger partial charge in [0.15, 0.2) is 27.2 Å². The predicted molar refractivity (Wildman–Crippen MR) is 162 cm³/mol. The maximum Gasteiger partial charge on any atom is 0.451 e. The number of benzene rings is 2. The summed E-state index contributed by atoms with van der Waals surface area (Å²) in [5.41, 5.74) is 2.24. The minimum atomic E-state index is -4.71. The Labute approximate surface area is 267 Å². The first-order valence-corrected chi connectivity index (χ1v) is 16.8. The molecular formula is C31H30ClF4N5O4S. The number of aromatic amines is 1. The van der Waals surface area contributed by atoms with Crippen LogP contribution in [0.5, 0.6) is 11.5 Å². The summed E-state index contributed by atoms with van der Waals surface area (Å²) < 4.78 is 91.5. The second-order valence-corrected chi connectivity index (χ2v) is 14.5. The number of para-hydroxylation sites is 1. The number of likely N-dealkylation sites (tertiary alicyclic amines) is 1. The molecule has 0 spiro atoms. The maximum absolute atomic E-state index is 14.8. The summed E-state index contributed by atoms with van der Waals surface area (Å²) in [6, 6.07) is 11.5. The number of hydrogen-bond acceptors (Lipinski definition) is 8. The molecule has 244 valence electrons. The minimum Gasteiger partial charge on any atom is -0.444 e. The van der Waals surface area contributed by atoms with Gasteiger partial charge >= 0.3 is 6.18 Å². The molecule has 0 bridgehead atoms. The highest BCUT2D eigenvalue weighted by atomic mass is 35.5. The maximum atomic E-state index is 14.8. The van der Waals surface area contributed by atoms with Gasteiger partial charge in [-0.3, -0.25) is 15.0 Å². The Balaban J connectivity index is 1.19. The summed E-state index contributed by atoms with van der Waals surface area (Å²) in [5.74, 6) is -2.17. The lowest BCUT2D eigenvalue weighted by molar-refractivity contribution is -0.144. The number of ether oxygens (including phenoxy) is 2. The Bertz CT molecular complexity index is 1900. The molecule has 1 fully saturated rings. The van der Waals surface area contributed by atoms with Crippen molar-refractivity contribution in [2.75, 3.05) is 19.3 Å². The lowest BCUT2D eigenvalue weighted by atomic mass is 9.88. The van der Waals surface area contributed by atoms with Gasteiger partial charge in [0, 0.05) is 42.1 Å². The average Bonchev–Trinajstić information content (AvgIpc) is 3.62. The first-order valence-electron chi connectivity index (χ1n) is 14.5. The third-order valence-electron chi connectivity index (χ3n) is 8.53. The Hall–Kier alpha value is -3.75. The highest BCUT2D eigenvalue weighted by Gasteiger charge is 2.43. The number of H-pyrrole nitrogens is 1. The Morgan fingerprint density at radius 3 is 2.54 bits per heavy atom. The zero-order chi connectivity index (χ0) is 33.0. The van der Waals surface area contributed by atoms with Crippen molar-refractivity contribution in [1.82, 2.24) is 25.1 Å². The van der Waals surface area contributed by atoms with E-state index in [0.29, 0.717) is 42.4 Å². The van der Waals surface area contributed by atoms with E-state index in [-0.39, 0.29) is 27.9 Å². The van der Waals surface area contributed by atoms with Crippen LogP contribution >= 0.6 is 11.6 Å². The van der Waals surface area contributed by atoms with Crippen molar-refractivity contribution in [2.45, 2.75) is 56.4 Å². The van der Waals surface area contributed by atoms with E-state index in [4.69, 9.17) is 21.1 Å². The monoisotopic (exact) mass is 679 g/mol. The zero-order valence-corrected chi connectivity index (χ0v) is 26.6. The molecule has 0 unspecified atom stereocenters. The van der Waals surface area contributed by atoms with Gasteiger partial charge < -0.3 is 9.47 Å². The Morgan fingerprint density at radius 2 is 1.89 bits per heavy atom. The number of hydrogen-bond donors (Lipinski definition) is 1. The molecule has 2 aromatic carbocycles. The largest absolute Gasteiger partial charge is 0.451 e. The summed E-state index contributed by atoms with van der Waals surface area (Å²) >= 11 is 5.94. The molecule has 0 amide bonds. The highest BCUT2D eigenvalue weighted by molar-refractivity contribution is 7.90. The van der Waals surface area contributed by atoms with E-state index >= 15 is 0 Å². The number of rotatable bonds is 7. The Kier molecular flexibility index (Phi) is 8.26. The molecule has 4 heterocycles. The van der Waals surface area contributed by atoms with Gasteiger partial charge in [0.05, 0.1) is 16.5 Å². The van der Waals surface area contributed by atoms with Gasteiger partial charge in [-0.25, -0.2) is 17.8 Å². The molecule has 1 saturated heterocycles. The van der Waals surface area contributed by atoms with Crippen LogP contribution in [-0.2, 0) is 28.3 Å². The molecule has 2 aliphatic heterocycles. The van der Waals surface area contributed by atoms with E-state index in [1.807, 2.05) is 17.2 Å². The first-order chi connectivity index (χ1) is 21.6. The predicted octanol–water partition coefficient (Wildman–Crippen LogP) is 6.81. The molecule has 6 rings (SSSR count). The number of sulfone groups is 1. The number of aromatic nitrogens is 4. The van der Waals surface area contributed by atoms with E-state index in [2.05, 4.69) is 20.0 Å². The number of fused-ring (bicyclic) bond motifs is 1. The fraction of sp³-hybridized carbons (Fsp3) is 0.387. The van der Waals surface area contributed by atoms with E-state index in [1.54, 1.807) is 25.1 Å². The van der Waals surface area contributed by atoms with Crippen LogP contribution in [0.15, 0.2) is 48.7 Å². The molecule has 1 N–H and O–H groups in total. The van der Waals surface area contributed by atoms with Gasteiger partial charge in [0.1, 0.15) is 5.82 Å². The summed E-state index contributed by atoms with van der Waals surface area (Å²) in [6.45, 7) is 4.84. The number of pyridine rings is 1. The van der Waals surface area contributed by atoms with Crippen molar-refractivity contribution in [3.8, 4) is 22.9 Å². The van der Waals surface area contributed by atoms with E-state index < -0.39 is 38.7 Å². The number of nitrogens with one attached hydrogen (secondary N) is 1. The molecule has 0 aliphatic carbocycles. The van der Waals surface area contributed by atoms with Crippen molar-refractivity contribution < 1.29 is 35.5 Å². The van der Waals surface area contributed by atoms with Gasteiger partial charge in [-0.2, -0.15) is 18.3 Å². The van der Waals surface area contributed by atoms with E-state index in [1.165, 1.54) is 25.3 Å². The lowest BCUT2D eigenvalue weighted by Crippen LogP contribution is -2.34. The highest BCUT2D eigenvalue weighted by Crippen LogP contribution is 2.50. The fourth-order valence-electron chi connectivity index (χ4n) is 5.92. The van der Waals surface area contributed by atoms with Crippen LogP contribution in [0, 0.1) is 5.82 Å². The fourth-order valence-corrected chi connectivity index (χ4v) is 6.74. The second kappa shape index (κ2) is 11.8. The van der Waals surface area contributed by atoms with E-state index in [9.17, 15) is 26.0 Å². The number of alkyl halides is 3. The summed E-state index contributed by atoms with van der Waals surface area (Å²) in [4.78, 5) is 10.2. The molecule has 0 radical (unpaired) electrons. The van der Waals surface area contributed by atoms with Crippen LogP contribution in [-0.4, -0.2) is 52.8 Å². The SMILES string of the molecule is C[C@@H](c1cc(-c2n[nH]c(C(F)(F)F)n2)cnc1CN1CCC(c2cccc3c2O[C@](C)(c2ccc(Cl)cc2F)O3)CC1)S(C)(=O)=O. The second-order valence-electron chi connectivity index (χ2n) is 11.7. The van der Waals surface area contributed by atoms with Crippen LogP contribution in [0.3, 0.4) is 0 Å². The summed E-state index contributed by atoms with van der Waals surface area (Å²) in [6.07, 6.45) is -0.753. The molecule has 9 nitrogen and oxygen atoms in total. The normalized spacial score (nSPS) is 19.8. The number of piperidine rings is 1. The van der Waals surface area contributed by atoms with Gasteiger partial charge in [0.2, 0.25) is 5.82 Å². The van der Waals surface area contributed by atoms with Crippen molar-refractivity contribution in [3.05, 3.63) is 87.7 Å². The molecule has 2 aromatic heterocycles. The van der Waals surface area contributed by atoms with Gasteiger partial charge in [-0.1, -0.05) is 23.7 Å². The Morgan fingerprint density at radius 1 is 1.15 bits per heavy atom. The number of halogens is 5. The topological polar surface area (TPSA) is 110 Å². The molecule has 2 aliphatic rings. The van der Waals surface area contributed by atoms with E-state index in [0.717, 1.165) is 24.7 Å². The van der Waals surface area contributed by atoms with Gasteiger partial charge in [-0.15, -0.1) is 0 Å². The van der Waals surface area contributed by atoms with Crippen molar-refractivity contribution in [2.24, 2.45) is 0 Å². The van der Waals surface area contributed by atoms with Crippen LogP contribution in [0.1, 0.15) is 66.1 Å². The zero-order valence-electron chi connectivity index (χ0n) is 25.0. The molecule has 0 saturated carbocycles. The molecule has 2 atom stereocenters. The molecule has 4 aromatic rings. The van der Waals surface area contributed by atoms with Crippen LogP contribution in [0.4, 0.5) is 17.6 Å². The van der Waals surface area contributed by atoms with Gasteiger partial charge in [0.25, 0.3) is 5.79 Å². The smallest absolute Gasteiger partial charge is 0.444 e. The summed E-state index contributed by atoms with van der Waals surface area (Å²) in [7, 11) is -3.56. The first kappa shape index (κ1) is 32.2. The third kappa shape index (κ3) is 6.29. The minimum absolute atomic E-state index is 0.116. The molecular weight excluding hydrogens is 650 g/mol. The van der Waals surface area contributed by atoms with Crippen molar-refractivity contribution >= 4 is 21.4 Å². The van der Waals surface area contributed by atoms with Crippen LogP contribution < -0.4 is 9.47 Å². The summed E-state index contributed by atoms with van der Waals surface area (Å²) in [5, 5.41) is 4.84. The average molecular weight is 680 g/mol. The quantitative estimate of drug-likeness (QED) is 0.212. The standard InChI is InChI=1S/C31H30ClF4N5O4S/c1-17(46(3,42)43)22-13-19(28-38-29(40-39-28)31(34,35)36)15-37-25(22)16-41-11-9-18(10-12-41)21-5-4-6-26-27(21)45-30(2,44-26)23-8-7-20(32)14-24(23)33/h4-8,13-15,17-18H,9-12,16H2,1-3H3,(H,38,39,40)/t17-,30+/m0/s1.